The molecule has 12 heavy (non-hydrogen) atoms. The maximum atomic E-state index is 11.4. The van der Waals surface area contributed by atoms with Crippen LogP contribution in [-0.2, 0) is 9.59 Å². The second-order valence-electron chi connectivity index (χ2n) is 3.37. The highest BCUT2D eigenvalue weighted by atomic mass is 16.2. The molecule has 4 nitrogen and oxygen atoms in total. The third kappa shape index (κ3) is 1.82. The van der Waals surface area contributed by atoms with Crippen LogP contribution in [0.1, 0.15) is 26.7 Å². The topological polar surface area (TPSA) is 58.2 Å². The Bertz CT molecular complexity index is 207. The average Bonchev–Trinajstić information content (AvgIpc) is 2.36. The SMILES string of the molecule is CC(=O)NC(=O)[C@@]1(C)CCCN1. The van der Waals surface area contributed by atoms with Gasteiger partial charge in [0.2, 0.25) is 11.8 Å². The summed E-state index contributed by atoms with van der Waals surface area (Å²) in [5, 5.41) is 5.36. The van der Waals surface area contributed by atoms with Crippen molar-refractivity contribution < 1.29 is 9.59 Å². The molecule has 1 rings (SSSR count). The van der Waals surface area contributed by atoms with E-state index < -0.39 is 5.54 Å². The van der Waals surface area contributed by atoms with Gasteiger partial charge in [-0.15, -0.1) is 0 Å². The molecule has 0 aromatic carbocycles. The fourth-order valence-corrected chi connectivity index (χ4v) is 1.39. The van der Waals surface area contributed by atoms with Gasteiger partial charge in [0, 0.05) is 6.92 Å². The molecule has 0 saturated carbocycles. The van der Waals surface area contributed by atoms with Crippen molar-refractivity contribution in [2.24, 2.45) is 0 Å². The highest BCUT2D eigenvalue weighted by Crippen LogP contribution is 2.18. The van der Waals surface area contributed by atoms with E-state index in [0.717, 1.165) is 19.4 Å². The molecular formula is C8H14N2O2. The van der Waals surface area contributed by atoms with E-state index in [1.54, 1.807) is 0 Å². The quantitative estimate of drug-likeness (QED) is 0.572. The van der Waals surface area contributed by atoms with Gasteiger partial charge in [0.15, 0.2) is 0 Å². The molecule has 0 radical (unpaired) electrons. The van der Waals surface area contributed by atoms with Gasteiger partial charge in [-0.3, -0.25) is 14.9 Å². The highest BCUT2D eigenvalue weighted by Gasteiger charge is 2.36. The monoisotopic (exact) mass is 170 g/mol. The largest absolute Gasteiger partial charge is 0.304 e. The molecule has 2 N–H and O–H groups in total. The number of carbonyl (C=O) groups is 2. The van der Waals surface area contributed by atoms with Crippen molar-refractivity contribution in [3.8, 4) is 0 Å². The van der Waals surface area contributed by atoms with Gasteiger partial charge in [0.05, 0.1) is 5.54 Å². The summed E-state index contributed by atoms with van der Waals surface area (Å²) in [6.45, 7) is 4.01. The Balaban J connectivity index is 2.56. The number of imide groups is 1. The van der Waals surface area contributed by atoms with Crippen molar-refractivity contribution in [2.45, 2.75) is 32.2 Å². The summed E-state index contributed by atoms with van der Waals surface area (Å²) in [7, 11) is 0. The van der Waals surface area contributed by atoms with Crippen molar-refractivity contribution in [2.75, 3.05) is 6.54 Å². The van der Waals surface area contributed by atoms with E-state index in [2.05, 4.69) is 10.6 Å². The Morgan fingerprint density at radius 2 is 2.17 bits per heavy atom. The summed E-state index contributed by atoms with van der Waals surface area (Å²) >= 11 is 0. The standard InChI is InChI=1S/C8H14N2O2/c1-6(11)10-7(12)8(2)4-3-5-9-8/h9H,3-5H2,1-2H3,(H,10,11,12)/t8-/m1/s1. The maximum Gasteiger partial charge on any atom is 0.246 e. The van der Waals surface area contributed by atoms with Crippen LogP contribution >= 0.6 is 0 Å². The predicted molar refractivity (Wildman–Crippen MR) is 44.5 cm³/mol. The summed E-state index contributed by atoms with van der Waals surface area (Å²) < 4.78 is 0. The average molecular weight is 170 g/mol. The Morgan fingerprint density at radius 3 is 2.58 bits per heavy atom. The lowest BCUT2D eigenvalue weighted by Gasteiger charge is -2.21. The van der Waals surface area contributed by atoms with Crippen LogP contribution in [0.25, 0.3) is 0 Å². The second kappa shape index (κ2) is 3.23. The zero-order valence-corrected chi connectivity index (χ0v) is 7.44. The van der Waals surface area contributed by atoms with Gasteiger partial charge in [0.1, 0.15) is 0 Å². The molecule has 0 unspecified atom stereocenters. The third-order valence-electron chi connectivity index (χ3n) is 2.16. The molecule has 1 saturated heterocycles. The zero-order valence-electron chi connectivity index (χ0n) is 7.44. The number of nitrogens with one attached hydrogen (secondary N) is 2. The number of amides is 2. The number of hydrogen-bond acceptors (Lipinski definition) is 3. The Kier molecular flexibility index (Phi) is 2.47. The molecule has 0 bridgehead atoms. The Morgan fingerprint density at radius 1 is 1.50 bits per heavy atom. The summed E-state index contributed by atoms with van der Waals surface area (Å²) in [6.07, 6.45) is 1.79. The van der Waals surface area contributed by atoms with Crippen molar-refractivity contribution in [3.05, 3.63) is 0 Å². The first kappa shape index (κ1) is 9.19. The van der Waals surface area contributed by atoms with Crippen molar-refractivity contribution in [1.82, 2.24) is 10.6 Å². The second-order valence-corrected chi connectivity index (χ2v) is 3.37. The predicted octanol–water partition coefficient (Wildman–Crippen LogP) is -0.209. The van der Waals surface area contributed by atoms with Crippen molar-refractivity contribution in [3.63, 3.8) is 0 Å². The fourth-order valence-electron chi connectivity index (χ4n) is 1.39. The van der Waals surface area contributed by atoms with Crippen LogP contribution in [-0.4, -0.2) is 23.9 Å². The first-order chi connectivity index (χ1) is 5.54. The number of hydrogen-bond donors (Lipinski definition) is 2. The van der Waals surface area contributed by atoms with E-state index in [-0.39, 0.29) is 11.8 Å². The molecule has 0 aromatic heterocycles. The van der Waals surface area contributed by atoms with Gasteiger partial charge in [-0.2, -0.15) is 0 Å². The maximum absolute atomic E-state index is 11.4. The molecular weight excluding hydrogens is 156 g/mol. The summed E-state index contributed by atoms with van der Waals surface area (Å²) in [6, 6.07) is 0. The molecule has 1 aliphatic rings. The van der Waals surface area contributed by atoms with E-state index in [1.807, 2.05) is 6.92 Å². The van der Waals surface area contributed by atoms with E-state index in [1.165, 1.54) is 6.92 Å². The first-order valence-electron chi connectivity index (χ1n) is 4.12. The molecule has 1 heterocycles. The minimum atomic E-state index is -0.536. The van der Waals surface area contributed by atoms with Gasteiger partial charge in [0.25, 0.3) is 0 Å². The molecule has 0 spiro atoms. The van der Waals surface area contributed by atoms with Gasteiger partial charge < -0.3 is 5.32 Å². The van der Waals surface area contributed by atoms with Crippen LogP contribution in [0.2, 0.25) is 0 Å². The molecule has 4 heteroatoms. The van der Waals surface area contributed by atoms with Crippen LogP contribution in [0, 0.1) is 0 Å². The summed E-state index contributed by atoms with van der Waals surface area (Å²) in [4.78, 5) is 22.0. The first-order valence-corrected chi connectivity index (χ1v) is 4.12. The van der Waals surface area contributed by atoms with E-state index in [4.69, 9.17) is 0 Å². The van der Waals surface area contributed by atoms with Crippen LogP contribution in [0.3, 0.4) is 0 Å². The van der Waals surface area contributed by atoms with Crippen molar-refractivity contribution >= 4 is 11.8 Å². The Labute approximate surface area is 71.7 Å². The minimum Gasteiger partial charge on any atom is -0.304 e. The minimum absolute atomic E-state index is 0.215. The summed E-state index contributed by atoms with van der Waals surface area (Å²) in [5.74, 6) is -0.512. The van der Waals surface area contributed by atoms with E-state index in [0.29, 0.717) is 0 Å². The molecule has 0 aliphatic carbocycles. The molecule has 1 atom stereocenters. The van der Waals surface area contributed by atoms with Gasteiger partial charge in [-0.05, 0) is 26.3 Å². The van der Waals surface area contributed by atoms with Gasteiger partial charge in [-0.25, -0.2) is 0 Å². The normalized spacial score (nSPS) is 28.5. The zero-order chi connectivity index (χ0) is 9.19. The van der Waals surface area contributed by atoms with Crippen molar-refractivity contribution in [1.29, 1.82) is 0 Å². The Hall–Kier alpha value is -0.900. The molecule has 1 aliphatic heterocycles. The lowest BCUT2D eigenvalue weighted by Crippen LogP contribution is -2.52. The van der Waals surface area contributed by atoms with Crippen LogP contribution in [0.15, 0.2) is 0 Å². The van der Waals surface area contributed by atoms with Gasteiger partial charge >= 0.3 is 0 Å². The number of carbonyl (C=O) groups excluding carboxylic acids is 2. The lowest BCUT2D eigenvalue weighted by molar-refractivity contribution is -0.132. The van der Waals surface area contributed by atoms with E-state index >= 15 is 0 Å². The van der Waals surface area contributed by atoms with Crippen LogP contribution in [0.5, 0.6) is 0 Å². The summed E-state index contributed by atoms with van der Waals surface area (Å²) in [5.41, 5.74) is -0.536. The molecule has 2 amide bonds. The van der Waals surface area contributed by atoms with Crippen LogP contribution < -0.4 is 10.6 Å². The van der Waals surface area contributed by atoms with Crippen LogP contribution in [0.4, 0.5) is 0 Å². The fraction of sp³-hybridized carbons (Fsp3) is 0.750. The smallest absolute Gasteiger partial charge is 0.246 e. The third-order valence-corrected chi connectivity index (χ3v) is 2.16. The molecule has 0 aromatic rings. The van der Waals surface area contributed by atoms with Gasteiger partial charge in [-0.1, -0.05) is 0 Å². The van der Waals surface area contributed by atoms with E-state index in [9.17, 15) is 9.59 Å². The highest BCUT2D eigenvalue weighted by molar-refractivity contribution is 5.99. The molecule has 68 valence electrons. The molecule has 1 fully saturated rings. The number of rotatable bonds is 1. The lowest BCUT2D eigenvalue weighted by atomic mass is 9.99.